The second kappa shape index (κ2) is 6.69. The number of nitrogens with one attached hydrogen (secondary N) is 1. The Morgan fingerprint density at radius 3 is 2.78 bits per heavy atom. The number of carbonyl (C=O) groups is 1. The number of aryl methyl sites for hydroxylation is 1. The third kappa shape index (κ3) is 3.90. The molecule has 0 saturated heterocycles. The van der Waals surface area contributed by atoms with E-state index < -0.39 is 10.8 Å². The van der Waals surface area contributed by atoms with Crippen LogP contribution in [0.3, 0.4) is 0 Å². The van der Waals surface area contributed by atoms with Crippen LogP contribution < -0.4 is 15.6 Å². The van der Waals surface area contributed by atoms with Crippen molar-refractivity contribution in [3.8, 4) is 5.75 Å². The lowest BCUT2D eigenvalue weighted by Gasteiger charge is -2.10. The van der Waals surface area contributed by atoms with Gasteiger partial charge in [-0.3, -0.25) is 24.3 Å². The van der Waals surface area contributed by atoms with Crippen molar-refractivity contribution in [2.24, 2.45) is 0 Å². The van der Waals surface area contributed by atoms with Crippen molar-refractivity contribution in [3.63, 3.8) is 0 Å². The number of nitro groups is 1. The molecule has 1 N–H and O–H groups in total. The minimum absolute atomic E-state index is 0.153. The van der Waals surface area contributed by atoms with Crippen molar-refractivity contribution < 1.29 is 14.5 Å². The lowest BCUT2D eigenvalue weighted by molar-refractivity contribution is -0.384. The molecule has 0 spiro atoms. The fourth-order valence-electron chi connectivity index (χ4n) is 1.89. The molecule has 1 aromatic heterocycles. The van der Waals surface area contributed by atoms with Gasteiger partial charge < -0.3 is 10.1 Å². The van der Waals surface area contributed by atoms with Gasteiger partial charge in [0.05, 0.1) is 24.0 Å². The largest absolute Gasteiger partial charge is 0.495 e. The molecule has 0 unspecified atom stereocenters. The zero-order chi connectivity index (χ0) is 17.0. The second-order valence-electron chi connectivity index (χ2n) is 4.69. The van der Waals surface area contributed by atoms with E-state index in [2.05, 4.69) is 10.3 Å². The number of hydrogen-bond donors (Lipinski definition) is 1. The third-order valence-corrected chi connectivity index (χ3v) is 3.00. The summed E-state index contributed by atoms with van der Waals surface area (Å²) < 4.78 is 6.18. The van der Waals surface area contributed by atoms with E-state index in [4.69, 9.17) is 4.74 Å². The minimum atomic E-state index is -0.580. The number of non-ortho nitro benzene ring substituents is 1. The van der Waals surface area contributed by atoms with Crippen LogP contribution in [0.5, 0.6) is 5.75 Å². The zero-order valence-corrected chi connectivity index (χ0v) is 12.5. The van der Waals surface area contributed by atoms with E-state index in [1.807, 2.05) is 0 Å². The Morgan fingerprint density at radius 1 is 1.43 bits per heavy atom. The molecule has 0 fully saturated rings. The molecule has 0 radical (unpaired) electrons. The number of nitrogens with zero attached hydrogens (tertiary/aromatic N) is 3. The first-order valence-corrected chi connectivity index (χ1v) is 6.56. The van der Waals surface area contributed by atoms with Gasteiger partial charge in [-0.05, 0) is 13.0 Å². The summed E-state index contributed by atoms with van der Waals surface area (Å²) in [6, 6.07) is 5.14. The summed E-state index contributed by atoms with van der Waals surface area (Å²) in [5.41, 5.74) is 0.153. The standard InChI is InChI=1S/C14H14N4O5/c1-9-5-14(20)17(8-15-9)7-13(19)16-11-6-10(18(21)22)3-4-12(11)23-2/h3-6,8H,7H2,1-2H3,(H,16,19). The van der Waals surface area contributed by atoms with Gasteiger partial charge in [0, 0.05) is 23.9 Å². The lowest BCUT2D eigenvalue weighted by Crippen LogP contribution is -2.27. The molecule has 1 aromatic carbocycles. The molecule has 1 amide bonds. The number of ether oxygens (including phenoxy) is 1. The first kappa shape index (κ1) is 16.1. The maximum Gasteiger partial charge on any atom is 0.271 e. The van der Waals surface area contributed by atoms with E-state index in [0.717, 1.165) is 4.57 Å². The van der Waals surface area contributed by atoms with E-state index in [9.17, 15) is 19.7 Å². The average molecular weight is 318 g/mol. The predicted octanol–water partition coefficient (Wildman–Crippen LogP) is 1.11. The predicted molar refractivity (Wildman–Crippen MR) is 81.5 cm³/mol. The molecule has 2 aromatic rings. The number of carbonyl (C=O) groups excluding carboxylic acids is 1. The monoisotopic (exact) mass is 318 g/mol. The first-order valence-electron chi connectivity index (χ1n) is 6.56. The third-order valence-electron chi connectivity index (χ3n) is 3.00. The average Bonchev–Trinajstić information content (AvgIpc) is 2.50. The highest BCUT2D eigenvalue weighted by Crippen LogP contribution is 2.28. The molecular formula is C14H14N4O5. The van der Waals surface area contributed by atoms with Gasteiger partial charge in [-0.2, -0.15) is 0 Å². The van der Waals surface area contributed by atoms with Gasteiger partial charge in [-0.25, -0.2) is 4.98 Å². The van der Waals surface area contributed by atoms with Crippen molar-refractivity contribution >= 4 is 17.3 Å². The summed E-state index contributed by atoms with van der Waals surface area (Å²) in [6.45, 7) is 1.40. The molecule has 23 heavy (non-hydrogen) atoms. The molecule has 0 bridgehead atoms. The van der Waals surface area contributed by atoms with Crippen molar-refractivity contribution in [2.75, 3.05) is 12.4 Å². The van der Waals surface area contributed by atoms with Gasteiger partial charge in [0.2, 0.25) is 5.91 Å². The highest BCUT2D eigenvalue weighted by Gasteiger charge is 2.14. The maximum absolute atomic E-state index is 12.0. The van der Waals surface area contributed by atoms with Gasteiger partial charge in [-0.1, -0.05) is 0 Å². The topological polar surface area (TPSA) is 116 Å². The van der Waals surface area contributed by atoms with Crippen LogP contribution in [0.25, 0.3) is 0 Å². The maximum atomic E-state index is 12.0. The van der Waals surface area contributed by atoms with Gasteiger partial charge in [-0.15, -0.1) is 0 Å². The van der Waals surface area contributed by atoms with Gasteiger partial charge in [0.15, 0.2) is 0 Å². The number of anilines is 1. The highest BCUT2D eigenvalue weighted by atomic mass is 16.6. The quantitative estimate of drug-likeness (QED) is 0.652. The van der Waals surface area contributed by atoms with E-state index in [1.54, 1.807) is 6.92 Å². The number of amides is 1. The van der Waals surface area contributed by atoms with Crippen molar-refractivity contribution in [2.45, 2.75) is 13.5 Å². The summed E-state index contributed by atoms with van der Waals surface area (Å²) >= 11 is 0. The van der Waals surface area contributed by atoms with Crippen LogP contribution >= 0.6 is 0 Å². The molecule has 0 aliphatic carbocycles. The van der Waals surface area contributed by atoms with Gasteiger partial charge in [0.25, 0.3) is 11.2 Å². The van der Waals surface area contributed by atoms with Crippen LogP contribution in [-0.4, -0.2) is 27.5 Å². The Morgan fingerprint density at radius 2 is 2.17 bits per heavy atom. The highest BCUT2D eigenvalue weighted by molar-refractivity contribution is 5.92. The van der Waals surface area contributed by atoms with Gasteiger partial charge >= 0.3 is 0 Å². The van der Waals surface area contributed by atoms with Crippen LogP contribution in [0.1, 0.15) is 5.69 Å². The Balaban J connectivity index is 2.20. The van der Waals surface area contributed by atoms with Crippen LogP contribution in [0.2, 0.25) is 0 Å². The number of benzene rings is 1. The molecule has 0 aliphatic rings. The SMILES string of the molecule is COc1ccc([N+](=O)[O-])cc1NC(=O)Cn1cnc(C)cc1=O. The van der Waals surface area contributed by atoms with Crippen LogP contribution in [0.15, 0.2) is 35.4 Å². The summed E-state index contributed by atoms with van der Waals surface area (Å²) in [4.78, 5) is 37.9. The van der Waals surface area contributed by atoms with Crippen molar-refractivity contribution in [3.05, 3.63) is 56.8 Å². The summed E-state index contributed by atoms with van der Waals surface area (Å²) in [7, 11) is 1.38. The fraction of sp³-hybridized carbons (Fsp3) is 0.214. The van der Waals surface area contributed by atoms with Gasteiger partial charge in [0.1, 0.15) is 12.3 Å². The lowest BCUT2D eigenvalue weighted by atomic mass is 10.2. The number of nitro benzene ring substituents is 1. The Labute approximate surface area is 130 Å². The first-order chi connectivity index (χ1) is 10.9. The number of methoxy groups -OCH3 is 1. The molecule has 0 aliphatic heterocycles. The Kier molecular flexibility index (Phi) is 4.69. The van der Waals surface area contributed by atoms with E-state index in [1.165, 1.54) is 37.7 Å². The molecule has 1 heterocycles. The van der Waals surface area contributed by atoms with Crippen LogP contribution in [0.4, 0.5) is 11.4 Å². The Bertz CT molecular complexity index is 815. The normalized spacial score (nSPS) is 10.2. The molecule has 9 heteroatoms. The number of rotatable bonds is 5. The van der Waals surface area contributed by atoms with Crippen LogP contribution in [0, 0.1) is 17.0 Å². The number of hydrogen-bond acceptors (Lipinski definition) is 6. The van der Waals surface area contributed by atoms with E-state index in [0.29, 0.717) is 5.69 Å². The van der Waals surface area contributed by atoms with E-state index >= 15 is 0 Å². The molecule has 0 saturated carbocycles. The van der Waals surface area contributed by atoms with Crippen molar-refractivity contribution in [1.82, 2.24) is 9.55 Å². The smallest absolute Gasteiger partial charge is 0.271 e. The Hall–Kier alpha value is -3.23. The second-order valence-corrected chi connectivity index (χ2v) is 4.69. The van der Waals surface area contributed by atoms with E-state index in [-0.39, 0.29) is 29.2 Å². The minimum Gasteiger partial charge on any atom is -0.495 e. The molecule has 120 valence electrons. The molecule has 2 rings (SSSR count). The van der Waals surface area contributed by atoms with Crippen molar-refractivity contribution in [1.29, 1.82) is 0 Å². The molecule has 9 nitrogen and oxygen atoms in total. The fourth-order valence-corrected chi connectivity index (χ4v) is 1.89. The summed E-state index contributed by atoms with van der Waals surface area (Å²) in [6.07, 6.45) is 1.27. The zero-order valence-electron chi connectivity index (χ0n) is 12.5. The molecular weight excluding hydrogens is 304 g/mol. The summed E-state index contributed by atoms with van der Waals surface area (Å²) in [5.74, 6) is -0.255. The summed E-state index contributed by atoms with van der Waals surface area (Å²) in [5, 5.41) is 13.3. The molecule has 0 atom stereocenters. The van der Waals surface area contributed by atoms with Crippen LogP contribution in [-0.2, 0) is 11.3 Å². The number of aromatic nitrogens is 2.